The van der Waals surface area contributed by atoms with E-state index in [0.29, 0.717) is 36.4 Å². The second kappa shape index (κ2) is 4.16. The predicted molar refractivity (Wildman–Crippen MR) is 77.8 cm³/mol. The highest BCUT2D eigenvalue weighted by Crippen LogP contribution is 2.60. The van der Waals surface area contributed by atoms with Gasteiger partial charge in [-0.2, -0.15) is 0 Å². The molecule has 3 fully saturated rings. The van der Waals surface area contributed by atoms with Gasteiger partial charge in [-0.25, -0.2) is 15.0 Å². The molecule has 2 N–H and O–H groups in total. The fourth-order valence-corrected chi connectivity index (χ4v) is 4.03. The Morgan fingerprint density at radius 1 is 1.19 bits per heavy atom. The van der Waals surface area contributed by atoms with Crippen LogP contribution in [0.15, 0.2) is 12.7 Å². The van der Waals surface area contributed by atoms with Crippen molar-refractivity contribution < 1.29 is 5.11 Å². The van der Waals surface area contributed by atoms with E-state index in [9.17, 15) is 5.11 Å². The maximum absolute atomic E-state index is 9.48. The van der Waals surface area contributed by atoms with Crippen LogP contribution in [0.4, 0.5) is 5.82 Å². The van der Waals surface area contributed by atoms with Gasteiger partial charge in [0.2, 0.25) is 0 Å². The van der Waals surface area contributed by atoms with Gasteiger partial charge >= 0.3 is 0 Å². The normalized spacial score (nSPS) is 34.1. The molecule has 4 atom stereocenters. The van der Waals surface area contributed by atoms with Gasteiger partial charge in [-0.3, -0.25) is 0 Å². The Bertz CT molecular complexity index is 694. The topological polar surface area (TPSA) is 75.9 Å². The minimum Gasteiger partial charge on any atom is -0.396 e. The third kappa shape index (κ3) is 1.78. The lowest BCUT2D eigenvalue weighted by molar-refractivity contribution is 0.208. The molecule has 6 nitrogen and oxygen atoms in total. The Balaban J connectivity index is 1.52. The Morgan fingerprint density at radius 3 is 2.86 bits per heavy atom. The van der Waals surface area contributed by atoms with Crippen LogP contribution < -0.4 is 5.32 Å². The summed E-state index contributed by atoms with van der Waals surface area (Å²) in [5.41, 5.74) is 1.82. The summed E-state index contributed by atoms with van der Waals surface area (Å²) in [6.45, 7) is 0.313. The highest BCUT2D eigenvalue weighted by atomic mass is 16.3. The summed E-state index contributed by atoms with van der Waals surface area (Å²) in [4.78, 5) is 13.4. The van der Waals surface area contributed by atoms with Gasteiger partial charge < -0.3 is 15.0 Å². The lowest BCUT2D eigenvalue weighted by atomic mass is 10.0. The molecule has 6 heteroatoms. The first kappa shape index (κ1) is 11.9. The minimum absolute atomic E-state index is 0.313. The molecule has 0 aromatic carbocycles. The third-order valence-corrected chi connectivity index (χ3v) is 5.40. The molecule has 0 unspecified atom stereocenters. The highest BCUT2D eigenvalue weighted by molar-refractivity contribution is 5.83. The number of imidazole rings is 1. The van der Waals surface area contributed by atoms with E-state index in [-0.39, 0.29) is 0 Å². The number of aliphatic hydroxyl groups excluding tert-OH is 1. The number of nitrogens with zero attached hydrogens (tertiary/aromatic N) is 4. The number of nitrogens with one attached hydrogen (secondary N) is 1. The van der Waals surface area contributed by atoms with E-state index in [2.05, 4.69) is 24.8 Å². The fourth-order valence-electron chi connectivity index (χ4n) is 4.03. The van der Waals surface area contributed by atoms with E-state index in [1.165, 1.54) is 19.3 Å². The Labute approximate surface area is 122 Å². The maximum Gasteiger partial charge on any atom is 0.165 e. The summed E-state index contributed by atoms with van der Waals surface area (Å²) in [6, 6.07) is 1.01. The van der Waals surface area contributed by atoms with E-state index in [4.69, 9.17) is 0 Å². The number of rotatable bonds is 4. The minimum atomic E-state index is 0.313. The number of fused-ring (bicyclic) bond motifs is 2. The molecule has 110 valence electrons. The molecule has 3 saturated carbocycles. The van der Waals surface area contributed by atoms with Crippen molar-refractivity contribution >= 4 is 17.0 Å². The molecule has 3 aliphatic rings. The lowest BCUT2D eigenvalue weighted by Gasteiger charge is -2.16. The van der Waals surface area contributed by atoms with E-state index >= 15 is 0 Å². The highest BCUT2D eigenvalue weighted by Gasteiger charge is 2.54. The molecule has 0 aliphatic heterocycles. The number of anilines is 1. The Kier molecular flexibility index (Phi) is 2.36. The first-order valence-corrected chi connectivity index (χ1v) is 7.90. The predicted octanol–water partition coefficient (Wildman–Crippen LogP) is 1.59. The summed E-state index contributed by atoms with van der Waals surface area (Å²) < 4.78 is 2.22. The van der Waals surface area contributed by atoms with Gasteiger partial charge in [0.05, 0.1) is 6.33 Å². The molecule has 2 aromatic rings. The van der Waals surface area contributed by atoms with Crippen molar-refractivity contribution in [1.29, 1.82) is 0 Å². The number of hydrogen-bond acceptors (Lipinski definition) is 5. The Morgan fingerprint density at radius 2 is 2.10 bits per heavy atom. The zero-order chi connectivity index (χ0) is 14.0. The second-order valence-corrected chi connectivity index (χ2v) is 6.77. The van der Waals surface area contributed by atoms with Gasteiger partial charge in [-0.1, -0.05) is 0 Å². The van der Waals surface area contributed by atoms with Gasteiger partial charge in [-0.15, -0.1) is 0 Å². The summed E-state index contributed by atoms with van der Waals surface area (Å²) in [6.07, 6.45) is 8.28. The average Bonchev–Trinajstić information content (AvgIpc) is 3.40. The van der Waals surface area contributed by atoms with Crippen molar-refractivity contribution in [3.8, 4) is 0 Å². The molecule has 2 aromatic heterocycles. The third-order valence-electron chi connectivity index (χ3n) is 5.40. The zero-order valence-corrected chi connectivity index (χ0v) is 11.8. The van der Waals surface area contributed by atoms with E-state index in [0.717, 1.165) is 23.4 Å². The van der Waals surface area contributed by atoms with Crippen molar-refractivity contribution in [3.63, 3.8) is 0 Å². The van der Waals surface area contributed by atoms with E-state index < -0.39 is 0 Å². The van der Waals surface area contributed by atoms with Crippen LogP contribution >= 0.6 is 0 Å². The first-order valence-electron chi connectivity index (χ1n) is 7.90. The summed E-state index contributed by atoms with van der Waals surface area (Å²) >= 11 is 0. The van der Waals surface area contributed by atoms with Crippen molar-refractivity contribution in [1.82, 2.24) is 19.5 Å². The van der Waals surface area contributed by atoms with Gasteiger partial charge in [0, 0.05) is 18.7 Å². The van der Waals surface area contributed by atoms with Crippen LogP contribution in [0, 0.1) is 17.8 Å². The molecule has 0 bridgehead atoms. The van der Waals surface area contributed by atoms with Crippen molar-refractivity contribution in [2.24, 2.45) is 17.8 Å². The first-order chi connectivity index (χ1) is 10.3. The van der Waals surface area contributed by atoms with Gasteiger partial charge in [0.15, 0.2) is 11.5 Å². The molecule has 0 radical (unpaired) electrons. The number of aliphatic hydroxyl groups is 1. The van der Waals surface area contributed by atoms with Crippen LogP contribution in [0.5, 0.6) is 0 Å². The second-order valence-electron chi connectivity index (χ2n) is 6.77. The monoisotopic (exact) mass is 285 g/mol. The largest absolute Gasteiger partial charge is 0.396 e. The molecular weight excluding hydrogens is 266 g/mol. The molecular formula is C15H19N5O. The van der Waals surface area contributed by atoms with Crippen LogP contribution in [0.2, 0.25) is 0 Å². The van der Waals surface area contributed by atoms with Crippen LogP contribution in [0.3, 0.4) is 0 Å². The van der Waals surface area contributed by atoms with Gasteiger partial charge in [-0.05, 0) is 43.4 Å². The summed E-state index contributed by atoms with van der Waals surface area (Å²) in [7, 11) is 0. The van der Waals surface area contributed by atoms with E-state index in [1.54, 1.807) is 6.33 Å². The molecule has 0 amide bonds. The SMILES string of the molecule is OC[C@@H]1C[C@H](n2cnc3c(NC4CC4)ncnc32)[C@H]2C[C@@H]12. The summed E-state index contributed by atoms with van der Waals surface area (Å²) in [5, 5.41) is 12.9. The van der Waals surface area contributed by atoms with Crippen LogP contribution in [0.1, 0.15) is 31.7 Å². The van der Waals surface area contributed by atoms with E-state index in [1.807, 2.05) is 6.33 Å². The molecule has 3 aliphatic carbocycles. The van der Waals surface area contributed by atoms with Crippen LogP contribution in [0.25, 0.3) is 11.2 Å². The lowest BCUT2D eigenvalue weighted by Crippen LogP contribution is -2.12. The Hall–Kier alpha value is -1.69. The average molecular weight is 285 g/mol. The van der Waals surface area contributed by atoms with Crippen LogP contribution in [-0.2, 0) is 0 Å². The maximum atomic E-state index is 9.48. The number of aromatic nitrogens is 4. The van der Waals surface area contributed by atoms with Crippen molar-refractivity contribution in [2.45, 2.75) is 37.8 Å². The van der Waals surface area contributed by atoms with Crippen molar-refractivity contribution in [3.05, 3.63) is 12.7 Å². The summed E-state index contributed by atoms with van der Waals surface area (Å²) in [5.74, 6) is 2.74. The zero-order valence-electron chi connectivity index (χ0n) is 11.8. The smallest absolute Gasteiger partial charge is 0.165 e. The molecule has 0 saturated heterocycles. The quantitative estimate of drug-likeness (QED) is 0.892. The van der Waals surface area contributed by atoms with Gasteiger partial charge in [0.25, 0.3) is 0 Å². The van der Waals surface area contributed by atoms with Gasteiger partial charge in [0.1, 0.15) is 11.8 Å². The molecule has 5 rings (SSSR count). The number of hydrogen-bond donors (Lipinski definition) is 2. The van der Waals surface area contributed by atoms with Crippen molar-refractivity contribution in [2.75, 3.05) is 11.9 Å². The molecule has 2 heterocycles. The molecule has 0 spiro atoms. The molecule has 21 heavy (non-hydrogen) atoms. The standard InChI is InChI=1S/C15H19N5O/c21-5-8-3-12(11-4-10(8)11)20-7-18-13-14(19-9-1-2-9)16-6-17-15(13)20/h6-12,21H,1-5H2,(H,16,17,19)/t8-,10-,11-,12-/m0/s1. The fraction of sp³-hybridized carbons (Fsp3) is 0.667. The van der Waals surface area contributed by atoms with Crippen LogP contribution in [-0.4, -0.2) is 37.3 Å².